The average molecular weight is 677 g/mol. The standard InChI is InChI=1S/C12H16N4O2.C9H10N4O3.C9H10N4O2/c1-7(2)6-16-10-8(4-5-9(13)14-10)11(17)15(3)12(16)18;1-12-7-6(4(14)3-5(10)11-7)8(15)13(2)9(12)16;1-12-7-5(3-4-6(10)11-7)8(14)13(2)9(12)15/h4-5,7H,6H2,1-3H3,(H2,13,14);3H,1-2H3,(H3,10,11,14);3-4H,1-2H3,(H2,10,11). The van der Waals surface area contributed by atoms with Crippen molar-refractivity contribution in [2.75, 3.05) is 17.2 Å². The Morgan fingerprint density at radius 2 is 1.10 bits per heavy atom. The Balaban J connectivity index is 0.000000166. The first-order valence-electron chi connectivity index (χ1n) is 14.6. The molecule has 258 valence electrons. The van der Waals surface area contributed by atoms with Crippen LogP contribution in [-0.2, 0) is 41.8 Å². The zero-order valence-corrected chi connectivity index (χ0v) is 27.8. The molecule has 7 N–H and O–H groups in total. The lowest BCUT2D eigenvalue weighted by Crippen LogP contribution is -2.39. The molecule has 0 amide bonds. The summed E-state index contributed by atoms with van der Waals surface area (Å²) in [5.74, 6) is 0.964. The van der Waals surface area contributed by atoms with Crippen LogP contribution in [0.5, 0.6) is 0 Å². The van der Waals surface area contributed by atoms with Crippen LogP contribution in [0, 0.1) is 5.92 Å². The van der Waals surface area contributed by atoms with Crippen molar-refractivity contribution in [2.24, 2.45) is 41.2 Å². The van der Waals surface area contributed by atoms with Crippen molar-refractivity contribution >= 4 is 50.6 Å². The summed E-state index contributed by atoms with van der Waals surface area (Å²) in [5.41, 5.74) is 14.3. The highest BCUT2D eigenvalue weighted by Crippen LogP contribution is 2.10. The van der Waals surface area contributed by atoms with Gasteiger partial charge in [-0.2, -0.15) is 0 Å². The Hall–Kier alpha value is -6.53. The van der Waals surface area contributed by atoms with Gasteiger partial charge in [0, 0.05) is 47.8 Å². The Morgan fingerprint density at radius 1 is 0.633 bits per heavy atom. The molecule has 6 aromatic rings. The molecule has 0 saturated carbocycles. The number of aryl methyl sites for hydroxylation is 2. The summed E-state index contributed by atoms with van der Waals surface area (Å²) in [6.07, 6.45) is 0. The number of nitrogens with one attached hydrogen (secondary N) is 1. The van der Waals surface area contributed by atoms with E-state index in [9.17, 15) is 33.6 Å². The van der Waals surface area contributed by atoms with Crippen LogP contribution in [0.3, 0.4) is 0 Å². The molecule has 0 aliphatic carbocycles. The number of nitrogen functional groups attached to an aromatic ring is 3. The molecular weight excluding hydrogens is 640 g/mol. The molecule has 0 fully saturated rings. The normalized spacial score (nSPS) is 11.0. The zero-order chi connectivity index (χ0) is 36.6. The third kappa shape index (κ3) is 6.53. The highest BCUT2D eigenvalue weighted by atomic mass is 16.2. The van der Waals surface area contributed by atoms with Crippen molar-refractivity contribution < 1.29 is 0 Å². The second-order valence-electron chi connectivity index (χ2n) is 11.6. The number of nitrogens with two attached hydrogens (primary N) is 3. The maximum Gasteiger partial charge on any atom is 0.332 e. The van der Waals surface area contributed by atoms with Gasteiger partial charge in [-0.05, 0) is 30.2 Å². The van der Waals surface area contributed by atoms with Gasteiger partial charge in [0.1, 0.15) is 28.5 Å². The predicted molar refractivity (Wildman–Crippen MR) is 187 cm³/mol. The van der Waals surface area contributed by atoms with E-state index in [-0.39, 0.29) is 45.4 Å². The van der Waals surface area contributed by atoms with Crippen molar-refractivity contribution in [2.45, 2.75) is 20.4 Å². The van der Waals surface area contributed by atoms with Gasteiger partial charge in [0.2, 0.25) is 0 Å². The number of H-pyrrole nitrogens is 1. The number of fused-ring (bicyclic) bond motifs is 3. The van der Waals surface area contributed by atoms with Gasteiger partial charge in [-0.1, -0.05) is 13.8 Å². The smallest absolute Gasteiger partial charge is 0.332 e. The molecule has 0 unspecified atom stereocenters. The molecule has 6 aromatic heterocycles. The number of anilines is 3. The van der Waals surface area contributed by atoms with Crippen molar-refractivity contribution in [1.29, 1.82) is 0 Å². The highest BCUT2D eigenvalue weighted by Gasteiger charge is 2.14. The van der Waals surface area contributed by atoms with Crippen LogP contribution >= 0.6 is 0 Å². The molecule has 0 atom stereocenters. The predicted octanol–water partition coefficient (Wildman–Crippen LogP) is -1.94. The summed E-state index contributed by atoms with van der Waals surface area (Å²) >= 11 is 0. The minimum absolute atomic E-state index is 0.0706. The summed E-state index contributed by atoms with van der Waals surface area (Å²) in [5, 5.41) is 0.722. The fourth-order valence-corrected chi connectivity index (χ4v) is 4.97. The molecule has 6 heterocycles. The van der Waals surface area contributed by atoms with Gasteiger partial charge in [-0.15, -0.1) is 0 Å². The summed E-state index contributed by atoms with van der Waals surface area (Å²) < 4.78 is 7.00. The van der Waals surface area contributed by atoms with E-state index >= 15 is 0 Å². The van der Waals surface area contributed by atoms with Crippen molar-refractivity contribution in [3.05, 3.63) is 103 Å². The number of aromatic nitrogens is 9. The van der Waals surface area contributed by atoms with Crippen LogP contribution in [0.4, 0.5) is 17.5 Å². The number of nitrogens with zero attached hydrogens (tertiary/aromatic N) is 8. The Kier molecular flexibility index (Phi) is 9.59. The minimum atomic E-state index is -0.626. The quantitative estimate of drug-likeness (QED) is 0.156. The lowest BCUT2D eigenvalue weighted by atomic mass is 10.2. The molecule has 0 saturated heterocycles. The first kappa shape index (κ1) is 35.3. The molecule has 0 radical (unpaired) electrons. The third-order valence-electron chi connectivity index (χ3n) is 7.54. The molecule has 6 rings (SSSR count). The van der Waals surface area contributed by atoms with E-state index in [0.29, 0.717) is 34.4 Å². The third-order valence-corrected chi connectivity index (χ3v) is 7.54. The second-order valence-corrected chi connectivity index (χ2v) is 11.6. The van der Waals surface area contributed by atoms with E-state index in [4.69, 9.17) is 17.2 Å². The fourth-order valence-electron chi connectivity index (χ4n) is 4.97. The van der Waals surface area contributed by atoms with Crippen LogP contribution in [0.2, 0.25) is 0 Å². The minimum Gasteiger partial charge on any atom is -0.385 e. The lowest BCUT2D eigenvalue weighted by molar-refractivity contribution is 0.500. The summed E-state index contributed by atoms with van der Waals surface area (Å²) in [7, 11) is 7.23. The van der Waals surface area contributed by atoms with Crippen LogP contribution in [-0.4, -0.2) is 42.4 Å². The molecule has 19 nitrogen and oxygen atoms in total. The largest absolute Gasteiger partial charge is 0.385 e. The Bertz CT molecular complexity index is 2710. The molecular formula is C30H36N12O7. The SMILES string of the molecule is CC(C)Cn1c(=O)n(C)c(=O)c2ccc(N)nc21.Cn1c(=O)c2c(=O)cc(N)[nH]c2n(C)c1=O.Cn1c(=O)c2ccc(N)nc2n(C)c1=O. The first-order valence-corrected chi connectivity index (χ1v) is 14.6. The molecule has 0 spiro atoms. The van der Waals surface area contributed by atoms with Crippen LogP contribution < -0.4 is 56.4 Å². The first-order chi connectivity index (χ1) is 22.9. The molecule has 0 bridgehead atoms. The van der Waals surface area contributed by atoms with E-state index in [1.807, 2.05) is 13.8 Å². The summed E-state index contributed by atoms with van der Waals surface area (Å²) in [4.78, 5) is 92.9. The molecule has 19 heteroatoms. The number of aromatic amines is 1. The van der Waals surface area contributed by atoms with Gasteiger partial charge in [-0.25, -0.2) is 24.4 Å². The van der Waals surface area contributed by atoms with Crippen LogP contribution in [0.25, 0.3) is 33.1 Å². The van der Waals surface area contributed by atoms with Crippen LogP contribution in [0.15, 0.2) is 63.9 Å². The maximum atomic E-state index is 12.1. The molecule has 0 aromatic carbocycles. The van der Waals surface area contributed by atoms with Gasteiger partial charge in [-0.3, -0.25) is 46.6 Å². The van der Waals surface area contributed by atoms with E-state index in [2.05, 4.69) is 15.0 Å². The van der Waals surface area contributed by atoms with E-state index in [1.54, 1.807) is 25.2 Å². The Morgan fingerprint density at radius 3 is 1.65 bits per heavy atom. The topological polar surface area (TPSA) is 269 Å². The van der Waals surface area contributed by atoms with Crippen molar-refractivity contribution in [3.8, 4) is 0 Å². The van der Waals surface area contributed by atoms with Gasteiger partial charge >= 0.3 is 17.1 Å². The van der Waals surface area contributed by atoms with Gasteiger partial charge < -0.3 is 22.2 Å². The summed E-state index contributed by atoms with van der Waals surface area (Å²) in [6, 6.07) is 7.39. The number of hydrogen-bond acceptors (Lipinski definition) is 12. The number of pyridine rings is 3. The number of hydrogen-bond donors (Lipinski definition) is 4. The van der Waals surface area contributed by atoms with Crippen molar-refractivity contribution in [3.63, 3.8) is 0 Å². The molecule has 49 heavy (non-hydrogen) atoms. The highest BCUT2D eigenvalue weighted by molar-refractivity contribution is 5.77. The number of rotatable bonds is 2. The van der Waals surface area contributed by atoms with Crippen molar-refractivity contribution in [1.82, 2.24) is 42.4 Å². The fraction of sp³-hybridized carbons (Fsp3) is 0.300. The Labute approximate surface area is 274 Å². The summed E-state index contributed by atoms with van der Waals surface area (Å²) in [6.45, 7) is 4.49. The van der Waals surface area contributed by atoms with E-state index in [0.717, 1.165) is 19.8 Å². The zero-order valence-electron chi connectivity index (χ0n) is 27.8. The monoisotopic (exact) mass is 676 g/mol. The van der Waals surface area contributed by atoms with Gasteiger partial charge in [0.05, 0.1) is 10.8 Å². The van der Waals surface area contributed by atoms with Gasteiger partial charge in [0.15, 0.2) is 16.7 Å². The average Bonchev–Trinajstić information content (AvgIpc) is 3.05. The van der Waals surface area contributed by atoms with E-state index in [1.165, 1.54) is 48.0 Å². The maximum absolute atomic E-state index is 12.1. The molecule has 0 aliphatic heterocycles. The van der Waals surface area contributed by atoms with Crippen LogP contribution in [0.1, 0.15) is 13.8 Å². The molecule has 0 aliphatic rings. The van der Waals surface area contributed by atoms with Gasteiger partial charge in [0.25, 0.3) is 16.7 Å². The van der Waals surface area contributed by atoms with E-state index < -0.39 is 22.4 Å². The lowest BCUT2D eigenvalue weighted by Gasteiger charge is -2.13. The second kappa shape index (κ2) is 13.3.